The molecule has 0 heterocycles. The molecule has 23 heavy (non-hydrogen) atoms. The molecule has 0 aromatic heterocycles. The average molecular weight is 314 g/mol. The first-order valence-corrected chi connectivity index (χ1v) is 9.47. The van der Waals surface area contributed by atoms with Crippen molar-refractivity contribution in [3.63, 3.8) is 0 Å². The molecule has 1 N–H and O–H groups in total. The van der Waals surface area contributed by atoms with Gasteiger partial charge >= 0.3 is 0 Å². The summed E-state index contributed by atoms with van der Waals surface area (Å²) >= 11 is 0. The number of aliphatic hydroxyl groups is 1. The SMILES string of the molecule is CC(O)[C@H]1CC[C@H]2[C@@H]3C=CC4=CC(=O)CC[C@]4(C)[C@H]3CC[C@]12C. The molecule has 2 heteroatoms. The standard InChI is InChI=1S/C21H30O2/c1-13(22)17-6-7-18-16-5-4-14-12-15(23)8-10-20(14,2)19(16)9-11-21(17,18)3/h4-5,12-13,16-19,22H,6-11H2,1-3H3/t13?,16-,17+,18-,19-,20-,21+/m0/s1. The predicted molar refractivity (Wildman–Crippen MR) is 91.8 cm³/mol. The molecule has 1 unspecified atom stereocenters. The van der Waals surface area contributed by atoms with Crippen molar-refractivity contribution in [2.45, 2.75) is 65.4 Å². The summed E-state index contributed by atoms with van der Waals surface area (Å²) in [5.41, 5.74) is 1.77. The highest BCUT2D eigenvalue weighted by molar-refractivity contribution is 5.92. The molecule has 4 aliphatic rings. The number of rotatable bonds is 1. The average Bonchev–Trinajstić information content (AvgIpc) is 2.85. The summed E-state index contributed by atoms with van der Waals surface area (Å²) in [5.74, 6) is 2.77. The Labute approximate surface area is 140 Å². The molecule has 4 rings (SSSR count). The van der Waals surface area contributed by atoms with E-state index < -0.39 is 0 Å². The maximum absolute atomic E-state index is 11.8. The van der Waals surface area contributed by atoms with Gasteiger partial charge in [0.05, 0.1) is 6.10 Å². The lowest BCUT2D eigenvalue weighted by molar-refractivity contribution is -0.116. The maximum Gasteiger partial charge on any atom is 0.156 e. The Bertz CT molecular complexity index is 587. The zero-order valence-electron chi connectivity index (χ0n) is 14.7. The van der Waals surface area contributed by atoms with Crippen LogP contribution in [0.2, 0.25) is 0 Å². The van der Waals surface area contributed by atoms with Crippen LogP contribution in [0, 0.1) is 34.5 Å². The second-order valence-corrected chi connectivity index (χ2v) is 9.10. The third kappa shape index (κ3) is 2.06. The minimum atomic E-state index is -0.188. The fourth-order valence-electron chi connectivity index (χ4n) is 6.83. The summed E-state index contributed by atoms with van der Waals surface area (Å²) in [5, 5.41) is 10.3. The zero-order valence-corrected chi connectivity index (χ0v) is 14.7. The van der Waals surface area contributed by atoms with Gasteiger partial charge in [-0.25, -0.2) is 0 Å². The Hall–Kier alpha value is -0.890. The smallest absolute Gasteiger partial charge is 0.156 e. The van der Waals surface area contributed by atoms with Gasteiger partial charge in [0, 0.05) is 6.42 Å². The molecule has 0 saturated heterocycles. The highest BCUT2D eigenvalue weighted by Crippen LogP contribution is 2.65. The topological polar surface area (TPSA) is 37.3 Å². The predicted octanol–water partition coefficient (Wildman–Crippen LogP) is 4.29. The van der Waals surface area contributed by atoms with Gasteiger partial charge < -0.3 is 5.11 Å². The highest BCUT2D eigenvalue weighted by atomic mass is 16.3. The lowest BCUT2D eigenvalue weighted by atomic mass is 9.48. The minimum absolute atomic E-state index is 0.188. The van der Waals surface area contributed by atoms with Gasteiger partial charge in [-0.15, -0.1) is 0 Å². The number of hydrogen-bond donors (Lipinski definition) is 1. The molecular formula is C21H30O2. The Balaban J connectivity index is 1.71. The van der Waals surface area contributed by atoms with Crippen LogP contribution in [0.25, 0.3) is 0 Å². The van der Waals surface area contributed by atoms with E-state index in [-0.39, 0.29) is 11.5 Å². The van der Waals surface area contributed by atoms with Crippen LogP contribution in [-0.4, -0.2) is 17.0 Å². The van der Waals surface area contributed by atoms with Gasteiger partial charge in [-0.3, -0.25) is 4.79 Å². The molecule has 0 radical (unpaired) electrons. The van der Waals surface area contributed by atoms with Crippen LogP contribution in [0.4, 0.5) is 0 Å². The van der Waals surface area contributed by atoms with Crippen molar-refractivity contribution in [2.24, 2.45) is 34.5 Å². The van der Waals surface area contributed by atoms with E-state index in [0.717, 1.165) is 12.8 Å². The van der Waals surface area contributed by atoms with Crippen molar-refractivity contribution in [2.75, 3.05) is 0 Å². The van der Waals surface area contributed by atoms with E-state index in [1.54, 1.807) is 0 Å². The zero-order chi connectivity index (χ0) is 16.4. The number of carbonyl (C=O) groups excluding carboxylic acids is 1. The van der Waals surface area contributed by atoms with E-state index in [1.165, 1.54) is 31.3 Å². The molecule has 0 aromatic carbocycles. The lowest BCUT2D eigenvalue weighted by Crippen LogP contribution is -2.49. The summed E-state index contributed by atoms with van der Waals surface area (Å²) in [6.07, 6.45) is 13.1. The Morgan fingerprint density at radius 3 is 2.70 bits per heavy atom. The molecule has 0 spiro atoms. The largest absolute Gasteiger partial charge is 0.393 e. The molecule has 2 saturated carbocycles. The van der Waals surface area contributed by atoms with Gasteiger partial charge in [0.15, 0.2) is 5.78 Å². The fraction of sp³-hybridized carbons (Fsp3) is 0.762. The highest BCUT2D eigenvalue weighted by Gasteiger charge is 2.58. The second kappa shape index (κ2) is 5.05. The number of hydrogen-bond acceptors (Lipinski definition) is 2. The minimum Gasteiger partial charge on any atom is -0.393 e. The van der Waals surface area contributed by atoms with Crippen LogP contribution in [0.5, 0.6) is 0 Å². The summed E-state index contributed by atoms with van der Waals surface area (Å²) in [4.78, 5) is 11.8. The molecule has 126 valence electrons. The third-order valence-electron chi connectivity index (χ3n) is 8.17. The normalized spacial score (nSPS) is 49.9. The van der Waals surface area contributed by atoms with Crippen molar-refractivity contribution < 1.29 is 9.90 Å². The quantitative estimate of drug-likeness (QED) is 0.784. The van der Waals surface area contributed by atoms with Crippen LogP contribution in [0.1, 0.15) is 59.3 Å². The summed E-state index contributed by atoms with van der Waals surface area (Å²) in [6.45, 7) is 6.82. The van der Waals surface area contributed by atoms with Crippen LogP contribution < -0.4 is 0 Å². The number of ketones is 1. The van der Waals surface area contributed by atoms with Gasteiger partial charge in [-0.05, 0) is 85.2 Å². The van der Waals surface area contributed by atoms with Crippen molar-refractivity contribution in [1.82, 2.24) is 0 Å². The van der Waals surface area contributed by atoms with E-state index in [9.17, 15) is 9.90 Å². The van der Waals surface area contributed by atoms with E-state index in [4.69, 9.17) is 0 Å². The molecule has 7 atom stereocenters. The first kappa shape index (κ1) is 15.6. The van der Waals surface area contributed by atoms with E-state index >= 15 is 0 Å². The molecular weight excluding hydrogens is 284 g/mol. The monoisotopic (exact) mass is 314 g/mol. The molecule has 0 amide bonds. The third-order valence-corrected chi connectivity index (χ3v) is 8.17. The Morgan fingerprint density at radius 2 is 1.96 bits per heavy atom. The lowest BCUT2D eigenvalue weighted by Gasteiger charge is -2.56. The van der Waals surface area contributed by atoms with Crippen molar-refractivity contribution in [1.29, 1.82) is 0 Å². The summed E-state index contributed by atoms with van der Waals surface area (Å²) in [6, 6.07) is 0. The molecule has 2 nitrogen and oxygen atoms in total. The molecule has 0 aliphatic heterocycles. The van der Waals surface area contributed by atoms with E-state index in [0.29, 0.717) is 34.9 Å². The summed E-state index contributed by atoms with van der Waals surface area (Å²) < 4.78 is 0. The summed E-state index contributed by atoms with van der Waals surface area (Å²) in [7, 11) is 0. The van der Waals surface area contributed by atoms with Crippen molar-refractivity contribution in [3.8, 4) is 0 Å². The molecule has 0 aromatic rings. The fourth-order valence-corrected chi connectivity index (χ4v) is 6.83. The number of fused-ring (bicyclic) bond motifs is 5. The van der Waals surface area contributed by atoms with Crippen LogP contribution in [0.15, 0.2) is 23.8 Å². The van der Waals surface area contributed by atoms with E-state index in [2.05, 4.69) is 26.0 Å². The first-order chi connectivity index (χ1) is 10.9. The molecule has 4 aliphatic carbocycles. The molecule has 0 bridgehead atoms. The van der Waals surface area contributed by atoms with Crippen LogP contribution in [0.3, 0.4) is 0 Å². The first-order valence-electron chi connectivity index (χ1n) is 9.47. The van der Waals surface area contributed by atoms with Gasteiger partial charge in [-0.2, -0.15) is 0 Å². The van der Waals surface area contributed by atoms with Crippen LogP contribution in [-0.2, 0) is 4.79 Å². The van der Waals surface area contributed by atoms with Gasteiger partial charge in [0.2, 0.25) is 0 Å². The Kier molecular flexibility index (Phi) is 3.43. The van der Waals surface area contributed by atoms with Gasteiger partial charge in [0.1, 0.15) is 0 Å². The van der Waals surface area contributed by atoms with Gasteiger partial charge in [0.25, 0.3) is 0 Å². The number of aliphatic hydroxyl groups excluding tert-OH is 1. The Morgan fingerprint density at radius 1 is 1.17 bits per heavy atom. The van der Waals surface area contributed by atoms with Crippen LogP contribution >= 0.6 is 0 Å². The second-order valence-electron chi connectivity index (χ2n) is 9.10. The van der Waals surface area contributed by atoms with Gasteiger partial charge in [-0.1, -0.05) is 26.0 Å². The molecule has 2 fully saturated rings. The van der Waals surface area contributed by atoms with E-state index in [1.807, 2.05) is 13.0 Å². The maximum atomic E-state index is 11.8. The van der Waals surface area contributed by atoms with Crippen molar-refractivity contribution in [3.05, 3.63) is 23.8 Å². The van der Waals surface area contributed by atoms with Crippen molar-refractivity contribution >= 4 is 5.78 Å². The number of carbonyl (C=O) groups is 1. The number of allylic oxidation sites excluding steroid dienone is 4.